The number of carbonyl (C=O) groups is 1. The topological polar surface area (TPSA) is 38.3 Å². The molecule has 3 nitrogen and oxygen atoms in total. The van der Waals surface area contributed by atoms with Gasteiger partial charge >= 0.3 is 5.97 Å². The fourth-order valence-corrected chi connectivity index (χ4v) is 3.06. The standard InChI is InChI=1S/C12H14ClNO2S/c1-16-12(15)11-7-17-6-10(14-11)8-2-4-9(13)5-3-8/h2-5,10-11,14H,6-7H2,1H3. The summed E-state index contributed by atoms with van der Waals surface area (Å²) in [5.74, 6) is 1.52. The van der Waals surface area contributed by atoms with Gasteiger partial charge in [0, 0.05) is 22.6 Å². The highest BCUT2D eigenvalue weighted by Crippen LogP contribution is 2.25. The smallest absolute Gasteiger partial charge is 0.323 e. The first-order valence-electron chi connectivity index (χ1n) is 5.38. The third-order valence-corrected chi connectivity index (χ3v) is 4.12. The minimum absolute atomic E-state index is 0.176. The van der Waals surface area contributed by atoms with E-state index in [1.54, 1.807) is 11.8 Å². The van der Waals surface area contributed by atoms with Crippen LogP contribution in [0.1, 0.15) is 11.6 Å². The predicted octanol–water partition coefficient (Wildman–Crippen LogP) is 2.26. The lowest BCUT2D eigenvalue weighted by atomic mass is 10.1. The zero-order valence-electron chi connectivity index (χ0n) is 9.48. The fourth-order valence-electron chi connectivity index (χ4n) is 1.81. The number of halogens is 1. The van der Waals surface area contributed by atoms with Gasteiger partial charge in [0.15, 0.2) is 0 Å². The zero-order valence-corrected chi connectivity index (χ0v) is 11.1. The summed E-state index contributed by atoms with van der Waals surface area (Å²) in [5, 5.41) is 4.03. The third-order valence-electron chi connectivity index (χ3n) is 2.73. The van der Waals surface area contributed by atoms with Crippen LogP contribution >= 0.6 is 23.4 Å². The van der Waals surface area contributed by atoms with Crippen LogP contribution in [0.2, 0.25) is 5.02 Å². The molecule has 0 radical (unpaired) electrons. The average molecular weight is 272 g/mol. The number of esters is 1. The number of hydrogen-bond acceptors (Lipinski definition) is 4. The Hall–Kier alpha value is -0.710. The summed E-state index contributed by atoms with van der Waals surface area (Å²) < 4.78 is 4.76. The van der Waals surface area contributed by atoms with Crippen LogP contribution in [0.25, 0.3) is 0 Å². The molecule has 1 saturated heterocycles. The Morgan fingerprint density at radius 1 is 1.41 bits per heavy atom. The molecular formula is C12H14ClNO2S. The Kier molecular flexibility index (Phi) is 4.31. The molecule has 1 aliphatic rings. The van der Waals surface area contributed by atoms with Crippen molar-refractivity contribution >= 4 is 29.3 Å². The summed E-state index contributed by atoms with van der Waals surface area (Å²) in [7, 11) is 1.42. The maximum Gasteiger partial charge on any atom is 0.323 e. The number of methoxy groups -OCH3 is 1. The molecule has 2 rings (SSSR count). The largest absolute Gasteiger partial charge is 0.468 e. The number of ether oxygens (including phenoxy) is 1. The Bertz CT molecular complexity index is 396. The zero-order chi connectivity index (χ0) is 12.3. The number of thioether (sulfide) groups is 1. The number of rotatable bonds is 2. The number of hydrogen-bond donors (Lipinski definition) is 1. The summed E-state index contributed by atoms with van der Waals surface area (Å²) in [5.41, 5.74) is 1.15. The molecule has 1 N–H and O–H groups in total. The van der Waals surface area contributed by atoms with Crippen molar-refractivity contribution < 1.29 is 9.53 Å². The quantitative estimate of drug-likeness (QED) is 0.838. The van der Waals surface area contributed by atoms with E-state index in [-0.39, 0.29) is 18.1 Å². The van der Waals surface area contributed by atoms with E-state index < -0.39 is 0 Å². The number of benzene rings is 1. The molecule has 0 aliphatic carbocycles. The van der Waals surface area contributed by atoms with Crippen LogP contribution in [0.4, 0.5) is 0 Å². The van der Waals surface area contributed by atoms with Gasteiger partial charge in [-0.1, -0.05) is 23.7 Å². The maximum atomic E-state index is 11.5. The highest BCUT2D eigenvalue weighted by Gasteiger charge is 2.28. The van der Waals surface area contributed by atoms with Gasteiger partial charge in [0.25, 0.3) is 0 Å². The summed E-state index contributed by atoms with van der Waals surface area (Å²) in [6, 6.07) is 7.66. The molecule has 1 aromatic rings. The monoisotopic (exact) mass is 271 g/mol. The van der Waals surface area contributed by atoms with Crippen molar-refractivity contribution in [3.8, 4) is 0 Å². The molecular weight excluding hydrogens is 258 g/mol. The molecule has 17 heavy (non-hydrogen) atoms. The molecule has 92 valence electrons. The van der Waals surface area contributed by atoms with Gasteiger partial charge in [-0.15, -0.1) is 0 Å². The Morgan fingerprint density at radius 2 is 2.12 bits per heavy atom. The van der Waals surface area contributed by atoms with Crippen molar-refractivity contribution in [2.75, 3.05) is 18.6 Å². The lowest BCUT2D eigenvalue weighted by Gasteiger charge is -2.29. The maximum absolute atomic E-state index is 11.5. The molecule has 0 amide bonds. The second-order valence-electron chi connectivity index (χ2n) is 3.88. The van der Waals surface area contributed by atoms with E-state index in [1.165, 1.54) is 7.11 Å². The lowest BCUT2D eigenvalue weighted by molar-refractivity contribution is -0.142. The van der Waals surface area contributed by atoms with Crippen molar-refractivity contribution in [3.05, 3.63) is 34.9 Å². The Labute approximate surface area is 110 Å². The van der Waals surface area contributed by atoms with Gasteiger partial charge in [0.05, 0.1) is 7.11 Å². The molecule has 1 aromatic carbocycles. The molecule has 2 atom stereocenters. The van der Waals surface area contributed by atoms with Crippen LogP contribution in [0.3, 0.4) is 0 Å². The first-order chi connectivity index (χ1) is 8.20. The van der Waals surface area contributed by atoms with Gasteiger partial charge in [-0.3, -0.25) is 10.1 Å². The van der Waals surface area contributed by atoms with Gasteiger partial charge in [0.1, 0.15) is 6.04 Å². The van der Waals surface area contributed by atoms with Gasteiger partial charge in [-0.25, -0.2) is 0 Å². The molecule has 1 aliphatic heterocycles. The van der Waals surface area contributed by atoms with Crippen molar-refractivity contribution in [1.82, 2.24) is 5.32 Å². The molecule has 0 aromatic heterocycles. The SMILES string of the molecule is COC(=O)C1CSCC(c2ccc(Cl)cc2)N1. The van der Waals surface area contributed by atoms with E-state index >= 15 is 0 Å². The highest BCUT2D eigenvalue weighted by atomic mass is 35.5. The van der Waals surface area contributed by atoms with Gasteiger partial charge in [0.2, 0.25) is 0 Å². The fraction of sp³-hybridized carbons (Fsp3) is 0.417. The highest BCUT2D eigenvalue weighted by molar-refractivity contribution is 7.99. The van der Waals surface area contributed by atoms with E-state index in [2.05, 4.69) is 5.32 Å². The van der Waals surface area contributed by atoms with Crippen molar-refractivity contribution in [1.29, 1.82) is 0 Å². The van der Waals surface area contributed by atoms with Gasteiger partial charge in [-0.2, -0.15) is 11.8 Å². The molecule has 0 saturated carbocycles. The Morgan fingerprint density at radius 3 is 2.76 bits per heavy atom. The summed E-state index contributed by atoms with van der Waals surface area (Å²) in [6.07, 6.45) is 0. The van der Waals surface area contributed by atoms with Crippen molar-refractivity contribution in [2.24, 2.45) is 0 Å². The first-order valence-corrected chi connectivity index (χ1v) is 6.91. The average Bonchev–Trinajstić information content (AvgIpc) is 2.39. The predicted molar refractivity (Wildman–Crippen MR) is 70.5 cm³/mol. The van der Waals surface area contributed by atoms with Crippen LogP contribution in [0.15, 0.2) is 24.3 Å². The minimum atomic E-state index is -0.223. The second kappa shape index (κ2) is 5.76. The molecule has 1 heterocycles. The van der Waals surface area contributed by atoms with Crippen LogP contribution in [-0.4, -0.2) is 30.6 Å². The molecule has 1 fully saturated rings. The summed E-state index contributed by atoms with van der Waals surface area (Å²) in [6.45, 7) is 0. The van der Waals surface area contributed by atoms with E-state index in [9.17, 15) is 4.79 Å². The van der Waals surface area contributed by atoms with E-state index in [0.29, 0.717) is 0 Å². The Balaban J connectivity index is 2.06. The number of carbonyl (C=O) groups excluding carboxylic acids is 1. The summed E-state index contributed by atoms with van der Waals surface area (Å²) in [4.78, 5) is 11.5. The van der Waals surface area contributed by atoms with Crippen LogP contribution in [0, 0.1) is 0 Å². The third kappa shape index (κ3) is 3.15. The van der Waals surface area contributed by atoms with Gasteiger partial charge in [-0.05, 0) is 17.7 Å². The van der Waals surface area contributed by atoms with Crippen LogP contribution in [-0.2, 0) is 9.53 Å². The minimum Gasteiger partial charge on any atom is -0.468 e. The lowest BCUT2D eigenvalue weighted by Crippen LogP contribution is -2.45. The second-order valence-corrected chi connectivity index (χ2v) is 5.40. The van der Waals surface area contributed by atoms with E-state index in [0.717, 1.165) is 22.1 Å². The molecule has 2 unspecified atom stereocenters. The van der Waals surface area contributed by atoms with Crippen LogP contribution < -0.4 is 5.32 Å². The van der Waals surface area contributed by atoms with Crippen LogP contribution in [0.5, 0.6) is 0 Å². The number of nitrogens with one attached hydrogen (secondary N) is 1. The molecule has 0 spiro atoms. The summed E-state index contributed by atoms with van der Waals surface area (Å²) >= 11 is 7.61. The van der Waals surface area contributed by atoms with E-state index in [1.807, 2.05) is 24.3 Å². The molecule has 5 heteroatoms. The normalized spacial score (nSPS) is 24.4. The van der Waals surface area contributed by atoms with Gasteiger partial charge < -0.3 is 4.74 Å². The first kappa shape index (κ1) is 12.7. The van der Waals surface area contributed by atoms with E-state index in [4.69, 9.17) is 16.3 Å². The van der Waals surface area contributed by atoms with Crippen molar-refractivity contribution in [2.45, 2.75) is 12.1 Å². The van der Waals surface area contributed by atoms with Crippen molar-refractivity contribution in [3.63, 3.8) is 0 Å². The molecule has 0 bridgehead atoms.